The first-order chi connectivity index (χ1) is 10.6. The zero-order valence-electron chi connectivity index (χ0n) is 12.1. The molecule has 6 heteroatoms. The number of carbonyl (C=O) groups is 1. The third-order valence-electron chi connectivity index (χ3n) is 4.06. The molecule has 1 fully saturated rings. The summed E-state index contributed by atoms with van der Waals surface area (Å²) in [6.07, 6.45) is 3.09. The maximum Gasteiger partial charge on any atom is 0.337 e. The number of benzene rings is 1. The van der Waals surface area contributed by atoms with E-state index in [-0.39, 0.29) is 11.5 Å². The Morgan fingerprint density at radius 1 is 1.41 bits per heavy atom. The number of aromatic carboxylic acids is 1. The Bertz CT molecular complexity index is 726. The van der Waals surface area contributed by atoms with Crippen molar-refractivity contribution in [1.29, 1.82) is 0 Å². The van der Waals surface area contributed by atoms with Crippen molar-refractivity contribution in [1.82, 2.24) is 4.98 Å². The van der Waals surface area contributed by atoms with E-state index < -0.39 is 5.97 Å². The average Bonchev–Trinajstić information content (AvgIpc) is 2.55. The number of pyridine rings is 1. The highest BCUT2D eigenvalue weighted by Gasteiger charge is 2.25. The van der Waals surface area contributed by atoms with Crippen LogP contribution in [0.3, 0.4) is 0 Å². The SMILES string of the molecule is COc1ccc2c(C3CCOCC3)c(C(=O)O)cnc2c1Br. The van der Waals surface area contributed by atoms with Crippen LogP contribution in [0.2, 0.25) is 0 Å². The molecular weight excluding hydrogens is 350 g/mol. The van der Waals surface area contributed by atoms with E-state index in [2.05, 4.69) is 20.9 Å². The summed E-state index contributed by atoms with van der Waals surface area (Å²) in [5.74, 6) is -0.0884. The molecule has 2 aromatic rings. The fourth-order valence-electron chi connectivity index (χ4n) is 2.99. The molecule has 0 spiro atoms. The van der Waals surface area contributed by atoms with Crippen LogP contribution in [0.15, 0.2) is 22.8 Å². The second-order valence-corrected chi connectivity index (χ2v) is 6.05. The molecule has 0 amide bonds. The molecule has 1 saturated heterocycles. The van der Waals surface area contributed by atoms with Gasteiger partial charge in [0.05, 0.1) is 22.7 Å². The molecule has 1 aliphatic heterocycles. The number of halogens is 1. The lowest BCUT2D eigenvalue weighted by atomic mass is 9.86. The van der Waals surface area contributed by atoms with Gasteiger partial charge in [-0.15, -0.1) is 0 Å². The molecule has 116 valence electrons. The number of carboxylic acid groups (broad SMARTS) is 1. The first-order valence-electron chi connectivity index (χ1n) is 7.09. The molecule has 0 atom stereocenters. The van der Waals surface area contributed by atoms with Crippen molar-refractivity contribution in [2.75, 3.05) is 20.3 Å². The van der Waals surface area contributed by atoms with Crippen molar-refractivity contribution in [3.8, 4) is 5.75 Å². The van der Waals surface area contributed by atoms with Crippen LogP contribution in [0.5, 0.6) is 5.75 Å². The standard InChI is InChI=1S/C16H16BrNO4/c1-21-12-3-2-10-13(9-4-6-22-7-5-9)11(16(19)20)8-18-15(10)14(12)17/h2-3,8-9H,4-7H2,1H3,(H,19,20). The van der Waals surface area contributed by atoms with Gasteiger partial charge in [-0.3, -0.25) is 4.98 Å². The fourth-order valence-corrected chi connectivity index (χ4v) is 3.60. The van der Waals surface area contributed by atoms with Crippen LogP contribution in [0.25, 0.3) is 10.9 Å². The summed E-state index contributed by atoms with van der Waals surface area (Å²) in [6, 6.07) is 3.73. The molecule has 5 nitrogen and oxygen atoms in total. The lowest BCUT2D eigenvalue weighted by Gasteiger charge is -2.25. The molecule has 0 radical (unpaired) electrons. The van der Waals surface area contributed by atoms with Crippen molar-refractivity contribution in [3.05, 3.63) is 33.9 Å². The molecule has 3 rings (SSSR count). The van der Waals surface area contributed by atoms with E-state index in [0.717, 1.165) is 33.8 Å². The van der Waals surface area contributed by atoms with Gasteiger partial charge in [-0.25, -0.2) is 4.79 Å². The first-order valence-corrected chi connectivity index (χ1v) is 7.89. The molecule has 2 heterocycles. The van der Waals surface area contributed by atoms with Crippen LogP contribution in [-0.4, -0.2) is 36.4 Å². The highest BCUT2D eigenvalue weighted by atomic mass is 79.9. The van der Waals surface area contributed by atoms with Crippen LogP contribution >= 0.6 is 15.9 Å². The highest BCUT2D eigenvalue weighted by Crippen LogP contribution is 2.39. The monoisotopic (exact) mass is 365 g/mol. The van der Waals surface area contributed by atoms with Crippen molar-refractivity contribution in [2.24, 2.45) is 0 Å². The van der Waals surface area contributed by atoms with Crippen molar-refractivity contribution in [3.63, 3.8) is 0 Å². The minimum absolute atomic E-state index is 0.172. The van der Waals surface area contributed by atoms with Gasteiger partial charge in [0.15, 0.2) is 0 Å². The molecule has 0 unspecified atom stereocenters. The summed E-state index contributed by atoms with van der Waals surface area (Å²) < 4.78 is 11.4. The molecule has 1 aliphatic rings. The normalized spacial score (nSPS) is 15.9. The third kappa shape index (κ3) is 2.57. The maximum absolute atomic E-state index is 11.6. The van der Waals surface area contributed by atoms with E-state index in [1.165, 1.54) is 6.20 Å². The molecule has 1 aromatic carbocycles. The molecule has 22 heavy (non-hydrogen) atoms. The van der Waals surface area contributed by atoms with Gasteiger partial charge in [-0.05, 0) is 52.4 Å². The number of methoxy groups -OCH3 is 1. The largest absolute Gasteiger partial charge is 0.495 e. The van der Waals surface area contributed by atoms with Gasteiger partial charge in [-0.1, -0.05) is 0 Å². The zero-order valence-corrected chi connectivity index (χ0v) is 13.7. The van der Waals surface area contributed by atoms with Crippen molar-refractivity contribution >= 4 is 32.8 Å². The summed E-state index contributed by atoms with van der Waals surface area (Å²) in [5, 5.41) is 10.4. The lowest BCUT2D eigenvalue weighted by Crippen LogP contribution is -2.17. The minimum atomic E-state index is -0.942. The number of ether oxygens (including phenoxy) is 2. The van der Waals surface area contributed by atoms with Crippen LogP contribution in [0.1, 0.15) is 34.7 Å². The molecular formula is C16H16BrNO4. The quantitative estimate of drug-likeness (QED) is 0.899. The van der Waals surface area contributed by atoms with E-state index in [1.807, 2.05) is 12.1 Å². The molecule has 1 N–H and O–H groups in total. The summed E-state index contributed by atoms with van der Waals surface area (Å²) in [5.41, 5.74) is 1.85. The number of carboxylic acids is 1. The highest BCUT2D eigenvalue weighted by molar-refractivity contribution is 9.10. The Morgan fingerprint density at radius 2 is 2.14 bits per heavy atom. The topological polar surface area (TPSA) is 68.7 Å². The Balaban J connectivity index is 2.26. The summed E-state index contributed by atoms with van der Waals surface area (Å²) >= 11 is 3.50. The molecule has 0 aliphatic carbocycles. The van der Waals surface area contributed by atoms with E-state index in [9.17, 15) is 9.90 Å². The Morgan fingerprint density at radius 3 is 2.77 bits per heavy atom. The minimum Gasteiger partial charge on any atom is -0.495 e. The van der Waals surface area contributed by atoms with Gasteiger partial charge in [-0.2, -0.15) is 0 Å². The fraction of sp³-hybridized carbons (Fsp3) is 0.375. The van der Waals surface area contributed by atoms with Crippen LogP contribution in [-0.2, 0) is 4.74 Å². The van der Waals surface area contributed by atoms with Gasteiger partial charge < -0.3 is 14.6 Å². The van der Waals surface area contributed by atoms with E-state index >= 15 is 0 Å². The number of hydrogen-bond acceptors (Lipinski definition) is 4. The van der Waals surface area contributed by atoms with Gasteiger partial charge in [0, 0.05) is 24.8 Å². The van der Waals surface area contributed by atoms with Gasteiger partial charge >= 0.3 is 5.97 Å². The first kappa shape index (κ1) is 15.2. The molecule has 1 aromatic heterocycles. The van der Waals surface area contributed by atoms with Gasteiger partial charge in [0.25, 0.3) is 0 Å². The lowest BCUT2D eigenvalue weighted by molar-refractivity contribution is 0.0685. The third-order valence-corrected chi connectivity index (χ3v) is 4.83. The van der Waals surface area contributed by atoms with E-state index in [0.29, 0.717) is 19.0 Å². The average molecular weight is 366 g/mol. The van der Waals surface area contributed by atoms with E-state index in [4.69, 9.17) is 9.47 Å². The summed E-state index contributed by atoms with van der Waals surface area (Å²) in [7, 11) is 1.59. The Kier molecular flexibility index (Phi) is 4.31. The van der Waals surface area contributed by atoms with Gasteiger partial charge in [0.1, 0.15) is 5.75 Å². The predicted molar refractivity (Wildman–Crippen MR) is 85.7 cm³/mol. The van der Waals surface area contributed by atoms with Crippen LogP contribution in [0.4, 0.5) is 0 Å². The number of fused-ring (bicyclic) bond motifs is 1. The number of rotatable bonds is 3. The second-order valence-electron chi connectivity index (χ2n) is 5.26. The Hall–Kier alpha value is -1.66. The van der Waals surface area contributed by atoms with Crippen LogP contribution < -0.4 is 4.74 Å². The van der Waals surface area contributed by atoms with Crippen molar-refractivity contribution < 1.29 is 19.4 Å². The number of hydrogen-bond donors (Lipinski definition) is 1. The number of nitrogens with zero attached hydrogens (tertiary/aromatic N) is 1. The zero-order chi connectivity index (χ0) is 15.7. The predicted octanol–water partition coefficient (Wildman–Crippen LogP) is 3.60. The van der Waals surface area contributed by atoms with Gasteiger partial charge in [0.2, 0.25) is 0 Å². The van der Waals surface area contributed by atoms with Crippen LogP contribution in [0, 0.1) is 0 Å². The smallest absolute Gasteiger partial charge is 0.337 e. The van der Waals surface area contributed by atoms with Crippen molar-refractivity contribution in [2.45, 2.75) is 18.8 Å². The van der Waals surface area contributed by atoms with E-state index in [1.54, 1.807) is 7.11 Å². The molecule has 0 saturated carbocycles. The summed E-state index contributed by atoms with van der Waals surface area (Å²) in [4.78, 5) is 15.9. The second kappa shape index (κ2) is 6.22. The molecule has 0 bridgehead atoms. The number of aromatic nitrogens is 1. The maximum atomic E-state index is 11.6. The Labute approximate surface area is 136 Å². The summed E-state index contributed by atoms with van der Waals surface area (Å²) in [6.45, 7) is 1.32.